The Balaban J connectivity index is 2.26. The molecule has 0 aliphatic heterocycles. The third-order valence-corrected chi connectivity index (χ3v) is 3.35. The van der Waals surface area contributed by atoms with Gasteiger partial charge in [-0.2, -0.15) is 0 Å². The van der Waals surface area contributed by atoms with Crippen LogP contribution in [0.5, 0.6) is 0 Å². The zero-order valence-corrected chi connectivity index (χ0v) is 11.8. The Bertz CT molecular complexity index is 600. The minimum atomic E-state index is -0.887. The molecule has 0 heterocycles. The fourth-order valence-corrected chi connectivity index (χ4v) is 2.49. The maximum atomic E-state index is 13.2. The Labute approximate surface area is 125 Å². The van der Waals surface area contributed by atoms with Crippen LogP contribution in [0.2, 0.25) is 10.0 Å². The van der Waals surface area contributed by atoms with Gasteiger partial charge in [-0.15, -0.1) is 0 Å². The van der Waals surface area contributed by atoms with Crippen LogP contribution in [-0.2, 0) is 6.42 Å². The zero-order valence-electron chi connectivity index (χ0n) is 10.3. The lowest BCUT2D eigenvalue weighted by molar-refractivity contribution is 0.502. The molecular weight excluding hydrogens is 305 g/mol. The predicted molar refractivity (Wildman–Crippen MR) is 76.6 cm³/mol. The number of nitrogens with one attached hydrogen (secondary N) is 1. The van der Waals surface area contributed by atoms with Gasteiger partial charge in [0.1, 0.15) is 0 Å². The molecule has 2 aromatic rings. The summed E-state index contributed by atoms with van der Waals surface area (Å²) in [7, 11) is 0. The van der Waals surface area contributed by atoms with Crippen LogP contribution < -0.4 is 11.3 Å². The molecule has 6 heteroatoms. The predicted octanol–water partition coefficient (Wildman–Crippen LogP) is 4.02. The average molecular weight is 317 g/mol. The SMILES string of the molecule is NNC(Cc1ccc(F)c(F)c1)c1cc(Cl)cc(Cl)c1. The highest BCUT2D eigenvalue weighted by Gasteiger charge is 2.13. The molecule has 0 aromatic heterocycles. The number of rotatable bonds is 4. The Morgan fingerprint density at radius 2 is 1.65 bits per heavy atom. The topological polar surface area (TPSA) is 38.0 Å². The summed E-state index contributed by atoms with van der Waals surface area (Å²) in [5, 5.41) is 0.969. The molecule has 2 rings (SSSR count). The van der Waals surface area contributed by atoms with Gasteiger partial charge in [0.25, 0.3) is 0 Å². The first-order valence-electron chi connectivity index (χ1n) is 5.85. The quantitative estimate of drug-likeness (QED) is 0.660. The van der Waals surface area contributed by atoms with Gasteiger partial charge in [0.05, 0.1) is 6.04 Å². The van der Waals surface area contributed by atoms with Gasteiger partial charge >= 0.3 is 0 Å². The lowest BCUT2D eigenvalue weighted by Crippen LogP contribution is -2.29. The van der Waals surface area contributed by atoms with Gasteiger partial charge in [0, 0.05) is 10.0 Å². The molecule has 0 saturated carbocycles. The summed E-state index contributed by atoms with van der Waals surface area (Å²) in [4.78, 5) is 0. The van der Waals surface area contributed by atoms with E-state index in [-0.39, 0.29) is 6.04 Å². The molecule has 0 spiro atoms. The fraction of sp³-hybridized carbons (Fsp3) is 0.143. The van der Waals surface area contributed by atoms with Gasteiger partial charge in [0.2, 0.25) is 0 Å². The van der Waals surface area contributed by atoms with Crippen molar-refractivity contribution in [1.82, 2.24) is 5.43 Å². The Kier molecular flexibility index (Phi) is 4.94. The van der Waals surface area contributed by atoms with Gasteiger partial charge in [-0.3, -0.25) is 11.3 Å². The van der Waals surface area contributed by atoms with Crippen LogP contribution in [0.4, 0.5) is 8.78 Å². The van der Waals surface area contributed by atoms with Gasteiger partial charge < -0.3 is 0 Å². The molecule has 0 amide bonds. The van der Waals surface area contributed by atoms with E-state index in [9.17, 15) is 8.78 Å². The molecule has 0 saturated heterocycles. The largest absolute Gasteiger partial charge is 0.271 e. The first kappa shape index (κ1) is 15.2. The Morgan fingerprint density at radius 1 is 1.00 bits per heavy atom. The van der Waals surface area contributed by atoms with Crippen LogP contribution in [0.15, 0.2) is 36.4 Å². The lowest BCUT2D eigenvalue weighted by Gasteiger charge is -2.17. The van der Waals surface area contributed by atoms with E-state index in [4.69, 9.17) is 29.0 Å². The highest BCUT2D eigenvalue weighted by molar-refractivity contribution is 6.34. The fourth-order valence-electron chi connectivity index (χ4n) is 1.95. The zero-order chi connectivity index (χ0) is 14.7. The van der Waals surface area contributed by atoms with Crippen molar-refractivity contribution in [3.8, 4) is 0 Å². The van der Waals surface area contributed by atoms with Crippen molar-refractivity contribution in [1.29, 1.82) is 0 Å². The van der Waals surface area contributed by atoms with Gasteiger partial charge in [-0.05, 0) is 47.9 Å². The molecule has 0 bridgehead atoms. The number of halogens is 4. The van der Waals surface area contributed by atoms with Crippen LogP contribution in [0, 0.1) is 11.6 Å². The van der Waals surface area contributed by atoms with Crippen LogP contribution in [0.1, 0.15) is 17.2 Å². The number of benzene rings is 2. The first-order valence-corrected chi connectivity index (χ1v) is 6.61. The van der Waals surface area contributed by atoms with Gasteiger partial charge in [-0.25, -0.2) is 8.78 Å². The molecule has 20 heavy (non-hydrogen) atoms. The maximum absolute atomic E-state index is 13.2. The van der Waals surface area contributed by atoms with Crippen molar-refractivity contribution in [3.63, 3.8) is 0 Å². The van der Waals surface area contributed by atoms with E-state index in [0.29, 0.717) is 22.0 Å². The third kappa shape index (κ3) is 3.67. The van der Waals surface area contributed by atoms with Crippen LogP contribution >= 0.6 is 23.2 Å². The molecule has 0 fully saturated rings. The molecule has 0 radical (unpaired) electrons. The minimum Gasteiger partial charge on any atom is -0.271 e. The van der Waals surface area contributed by atoms with Crippen molar-refractivity contribution >= 4 is 23.2 Å². The van der Waals surface area contributed by atoms with E-state index in [2.05, 4.69) is 5.43 Å². The van der Waals surface area contributed by atoms with E-state index >= 15 is 0 Å². The summed E-state index contributed by atoms with van der Waals surface area (Å²) in [6.45, 7) is 0. The number of hydrazine groups is 1. The number of nitrogens with two attached hydrogens (primary N) is 1. The van der Waals surface area contributed by atoms with E-state index in [1.165, 1.54) is 6.07 Å². The number of hydrogen-bond donors (Lipinski definition) is 2. The molecule has 0 aliphatic rings. The van der Waals surface area contributed by atoms with Crippen molar-refractivity contribution in [3.05, 3.63) is 69.2 Å². The monoisotopic (exact) mass is 316 g/mol. The van der Waals surface area contributed by atoms with Crippen molar-refractivity contribution in [2.75, 3.05) is 0 Å². The third-order valence-electron chi connectivity index (χ3n) is 2.91. The molecule has 3 N–H and O–H groups in total. The molecular formula is C14H12Cl2F2N2. The van der Waals surface area contributed by atoms with E-state index in [1.54, 1.807) is 18.2 Å². The molecule has 0 aliphatic carbocycles. The standard InChI is InChI=1S/C14H12Cl2F2N2/c15-10-5-9(6-11(16)7-10)14(20-19)4-8-1-2-12(17)13(18)3-8/h1-3,5-7,14,20H,4,19H2. The molecule has 2 nitrogen and oxygen atoms in total. The summed E-state index contributed by atoms with van der Waals surface area (Å²) >= 11 is 11.9. The van der Waals surface area contributed by atoms with Crippen molar-refractivity contribution < 1.29 is 8.78 Å². The maximum Gasteiger partial charge on any atom is 0.159 e. The minimum absolute atomic E-state index is 0.309. The summed E-state index contributed by atoms with van der Waals surface area (Å²) in [5.74, 6) is 3.75. The summed E-state index contributed by atoms with van der Waals surface area (Å²) in [5.41, 5.74) is 4.01. The summed E-state index contributed by atoms with van der Waals surface area (Å²) < 4.78 is 26.1. The van der Waals surface area contributed by atoms with Gasteiger partial charge in [0.15, 0.2) is 11.6 Å². The molecule has 2 aromatic carbocycles. The Hall–Kier alpha value is -1.20. The van der Waals surface area contributed by atoms with E-state index in [1.807, 2.05) is 0 Å². The van der Waals surface area contributed by atoms with Crippen LogP contribution in [0.3, 0.4) is 0 Å². The average Bonchev–Trinajstić information content (AvgIpc) is 2.38. The van der Waals surface area contributed by atoms with E-state index < -0.39 is 11.6 Å². The summed E-state index contributed by atoms with van der Waals surface area (Å²) in [6, 6.07) is 8.48. The number of hydrogen-bond acceptors (Lipinski definition) is 2. The molecule has 1 atom stereocenters. The smallest absolute Gasteiger partial charge is 0.159 e. The molecule has 106 valence electrons. The van der Waals surface area contributed by atoms with Crippen molar-refractivity contribution in [2.45, 2.75) is 12.5 Å². The highest BCUT2D eigenvalue weighted by atomic mass is 35.5. The Morgan fingerprint density at radius 3 is 2.20 bits per heavy atom. The van der Waals surface area contributed by atoms with Crippen LogP contribution in [-0.4, -0.2) is 0 Å². The molecule has 1 unspecified atom stereocenters. The summed E-state index contributed by atoms with van der Waals surface area (Å²) in [6.07, 6.45) is 0.379. The van der Waals surface area contributed by atoms with Gasteiger partial charge in [-0.1, -0.05) is 29.3 Å². The second-order valence-electron chi connectivity index (χ2n) is 4.37. The second-order valence-corrected chi connectivity index (χ2v) is 5.25. The van der Waals surface area contributed by atoms with Crippen molar-refractivity contribution in [2.24, 2.45) is 5.84 Å². The second kappa shape index (κ2) is 6.50. The van der Waals surface area contributed by atoms with E-state index in [0.717, 1.165) is 17.7 Å². The van der Waals surface area contributed by atoms with Crippen LogP contribution in [0.25, 0.3) is 0 Å². The first-order chi connectivity index (χ1) is 9.49. The highest BCUT2D eigenvalue weighted by Crippen LogP contribution is 2.25. The normalized spacial score (nSPS) is 12.4. The lowest BCUT2D eigenvalue weighted by atomic mass is 9.99.